The van der Waals surface area contributed by atoms with Gasteiger partial charge in [-0.05, 0) is 25.1 Å². The number of halogens is 3. The average molecular weight is 270 g/mol. The maximum Gasteiger partial charge on any atom is 0.573 e. The van der Waals surface area contributed by atoms with Gasteiger partial charge in [0.05, 0.1) is 5.69 Å². The van der Waals surface area contributed by atoms with Gasteiger partial charge in [0.25, 0.3) is 0 Å². The zero-order valence-electron chi connectivity index (χ0n) is 9.81. The Morgan fingerprint density at radius 3 is 2.21 bits per heavy atom. The summed E-state index contributed by atoms with van der Waals surface area (Å²) in [5.74, 6) is -0.431. The van der Waals surface area contributed by atoms with Crippen LogP contribution in [0.2, 0.25) is 0 Å². The molecule has 4 nitrogen and oxygen atoms in total. The molecule has 1 heterocycles. The molecule has 1 aromatic heterocycles. The molecule has 2 rings (SSSR count). The highest BCUT2D eigenvalue weighted by atomic mass is 19.4. The molecule has 100 valence electrons. The third-order valence-corrected chi connectivity index (χ3v) is 2.06. The number of para-hydroxylation sites is 2. The zero-order valence-corrected chi connectivity index (χ0v) is 9.81. The van der Waals surface area contributed by atoms with E-state index in [1.165, 1.54) is 24.3 Å². The molecule has 1 aromatic carbocycles. The van der Waals surface area contributed by atoms with Gasteiger partial charge < -0.3 is 9.47 Å². The maximum atomic E-state index is 12.2. The second kappa shape index (κ2) is 5.13. The van der Waals surface area contributed by atoms with Gasteiger partial charge in [-0.25, -0.2) is 0 Å². The van der Waals surface area contributed by atoms with E-state index < -0.39 is 12.1 Å². The molecule has 0 atom stereocenters. The van der Waals surface area contributed by atoms with Crippen molar-refractivity contribution in [3.63, 3.8) is 0 Å². The van der Waals surface area contributed by atoms with Crippen LogP contribution in [0.5, 0.6) is 17.4 Å². The van der Waals surface area contributed by atoms with Crippen molar-refractivity contribution < 1.29 is 22.6 Å². The molecular formula is C12H9F3N2O2. The highest BCUT2D eigenvalue weighted by Gasteiger charge is 2.32. The van der Waals surface area contributed by atoms with Crippen LogP contribution in [0.4, 0.5) is 13.2 Å². The van der Waals surface area contributed by atoms with E-state index in [0.29, 0.717) is 5.69 Å². The van der Waals surface area contributed by atoms with E-state index in [9.17, 15) is 13.2 Å². The lowest BCUT2D eigenvalue weighted by Gasteiger charge is -2.12. The van der Waals surface area contributed by atoms with Crippen molar-refractivity contribution in [2.75, 3.05) is 0 Å². The van der Waals surface area contributed by atoms with Crippen LogP contribution in [0, 0.1) is 6.92 Å². The number of hydrogen-bond donors (Lipinski definition) is 0. The molecule has 0 aliphatic carbocycles. The third-order valence-electron chi connectivity index (χ3n) is 2.06. The summed E-state index contributed by atoms with van der Waals surface area (Å²) in [6, 6.07) is 8.59. The van der Waals surface area contributed by atoms with Crippen molar-refractivity contribution in [1.82, 2.24) is 10.2 Å². The lowest BCUT2D eigenvalue weighted by molar-refractivity contribution is -0.275. The number of rotatable bonds is 3. The first-order valence-electron chi connectivity index (χ1n) is 5.27. The Bertz CT molecular complexity index is 556. The van der Waals surface area contributed by atoms with Crippen LogP contribution < -0.4 is 9.47 Å². The van der Waals surface area contributed by atoms with E-state index in [2.05, 4.69) is 14.9 Å². The maximum absolute atomic E-state index is 12.2. The summed E-state index contributed by atoms with van der Waals surface area (Å²) in [6.45, 7) is 1.73. The second-order valence-corrected chi connectivity index (χ2v) is 3.61. The molecule has 0 aliphatic heterocycles. The summed E-state index contributed by atoms with van der Waals surface area (Å²) in [4.78, 5) is 0. The molecular weight excluding hydrogens is 261 g/mol. The number of nitrogens with zero attached hydrogens (tertiary/aromatic N) is 2. The van der Waals surface area contributed by atoms with Gasteiger partial charge in [0.2, 0.25) is 5.88 Å². The van der Waals surface area contributed by atoms with Gasteiger partial charge in [0, 0.05) is 6.07 Å². The Morgan fingerprint density at radius 1 is 0.947 bits per heavy atom. The minimum absolute atomic E-state index is 0.0852. The quantitative estimate of drug-likeness (QED) is 0.856. The fraction of sp³-hybridized carbons (Fsp3) is 0.167. The molecule has 0 N–H and O–H groups in total. The summed E-state index contributed by atoms with van der Waals surface area (Å²) in [6.07, 6.45) is -4.78. The fourth-order valence-corrected chi connectivity index (χ4v) is 1.30. The van der Waals surface area contributed by atoms with Gasteiger partial charge in [-0.15, -0.1) is 18.3 Å². The Balaban J connectivity index is 2.22. The first-order chi connectivity index (χ1) is 8.94. The van der Waals surface area contributed by atoms with E-state index in [4.69, 9.17) is 4.74 Å². The summed E-state index contributed by atoms with van der Waals surface area (Å²) in [7, 11) is 0. The summed E-state index contributed by atoms with van der Waals surface area (Å²) < 4.78 is 45.7. The first kappa shape index (κ1) is 13.1. The lowest BCUT2D eigenvalue weighted by atomic mass is 10.3. The van der Waals surface area contributed by atoms with Gasteiger partial charge in [-0.2, -0.15) is 5.10 Å². The molecule has 0 fully saturated rings. The molecule has 0 radical (unpaired) electrons. The smallest absolute Gasteiger partial charge is 0.434 e. The molecule has 0 unspecified atom stereocenters. The Morgan fingerprint density at radius 2 is 1.63 bits per heavy atom. The minimum atomic E-state index is -4.78. The number of benzene rings is 1. The van der Waals surface area contributed by atoms with Crippen LogP contribution in [-0.2, 0) is 0 Å². The SMILES string of the molecule is Cc1ccc(Oc2ccccc2OC(F)(F)F)nn1. The summed E-state index contributed by atoms with van der Waals surface area (Å²) >= 11 is 0. The van der Waals surface area contributed by atoms with Crippen LogP contribution in [0.25, 0.3) is 0 Å². The molecule has 0 spiro atoms. The van der Waals surface area contributed by atoms with Crippen molar-refractivity contribution in [2.24, 2.45) is 0 Å². The van der Waals surface area contributed by atoms with Crippen LogP contribution in [0.1, 0.15) is 5.69 Å². The van der Waals surface area contributed by atoms with Gasteiger partial charge in [0.15, 0.2) is 11.5 Å². The van der Waals surface area contributed by atoms with Crippen LogP contribution in [-0.4, -0.2) is 16.6 Å². The predicted molar refractivity (Wildman–Crippen MR) is 60.0 cm³/mol. The molecule has 2 aromatic rings. The van der Waals surface area contributed by atoms with E-state index in [0.717, 1.165) is 6.07 Å². The number of hydrogen-bond acceptors (Lipinski definition) is 4. The summed E-state index contributed by atoms with van der Waals surface area (Å²) in [5.41, 5.74) is 0.673. The molecule has 0 saturated carbocycles. The molecule has 0 bridgehead atoms. The van der Waals surface area contributed by atoms with Crippen molar-refractivity contribution in [1.29, 1.82) is 0 Å². The average Bonchev–Trinajstić information content (AvgIpc) is 2.33. The van der Waals surface area contributed by atoms with Gasteiger partial charge >= 0.3 is 6.36 Å². The third kappa shape index (κ3) is 3.84. The van der Waals surface area contributed by atoms with Gasteiger partial charge in [-0.3, -0.25) is 0 Å². The van der Waals surface area contributed by atoms with E-state index in [1.807, 2.05) is 0 Å². The lowest BCUT2D eigenvalue weighted by Crippen LogP contribution is -2.17. The summed E-state index contributed by atoms with van der Waals surface area (Å²) in [5, 5.41) is 7.44. The van der Waals surface area contributed by atoms with Crippen LogP contribution in [0.3, 0.4) is 0 Å². The number of alkyl halides is 3. The highest BCUT2D eigenvalue weighted by molar-refractivity contribution is 5.41. The second-order valence-electron chi connectivity index (χ2n) is 3.61. The Kier molecular flexibility index (Phi) is 3.55. The number of aromatic nitrogens is 2. The van der Waals surface area contributed by atoms with Crippen molar-refractivity contribution in [3.8, 4) is 17.4 Å². The topological polar surface area (TPSA) is 44.2 Å². The zero-order chi connectivity index (χ0) is 13.9. The molecule has 0 aliphatic rings. The standard InChI is InChI=1S/C12H9F3N2O2/c1-8-6-7-11(17-16-8)18-9-4-2-3-5-10(9)19-12(13,14)15/h2-7H,1H3. The predicted octanol–water partition coefficient (Wildman–Crippen LogP) is 3.48. The van der Waals surface area contributed by atoms with Crippen molar-refractivity contribution in [3.05, 3.63) is 42.1 Å². The molecule has 19 heavy (non-hydrogen) atoms. The van der Waals surface area contributed by atoms with Crippen molar-refractivity contribution >= 4 is 0 Å². The van der Waals surface area contributed by atoms with Crippen LogP contribution in [0.15, 0.2) is 36.4 Å². The van der Waals surface area contributed by atoms with E-state index in [1.54, 1.807) is 13.0 Å². The Hall–Kier alpha value is -2.31. The highest BCUT2D eigenvalue weighted by Crippen LogP contribution is 2.34. The monoisotopic (exact) mass is 270 g/mol. The molecule has 0 saturated heterocycles. The van der Waals surface area contributed by atoms with Gasteiger partial charge in [0.1, 0.15) is 0 Å². The molecule has 7 heteroatoms. The molecule has 0 amide bonds. The fourth-order valence-electron chi connectivity index (χ4n) is 1.30. The number of ether oxygens (including phenoxy) is 2. The van der Waals surface area contributed by atoms with Crippen LogP contribution >= 0.6 is 0 Å². The van der Waals surface area contributed by atoms with Crippen molar-refractivity contribution in [2.45, 2.75) is 13.3 Å². The van der Waals surface area contributed by atoms with E-state index in [-0.39, 0.29) is 11.6 Å². The van der Waals surface area contributed by atoms with E-state index >= 15 is 0 Å². The number of aryl methyl sites for hydroxylation is 1. The first-order valence-corrected chi connectivity index (χ1v) is 5.27. The van der Waals surface area contributed by atoms with Gasteiger partial charge in [-0.1, -0.05) is 12.1 Å². The normalized spacial score (nSPS) is 11.2. The Labute approximate surface area is 106 Å². The largest absolute Gasteiger partial charge is 0.573 e. The minimum Gasteiger partial charge on any atom is -0.434 e.